The number of rotatable bonds is 8. The van der Waals surface area contributed by atoms with Crippen LogP contribution < -0.4 is 0 Å². The van der Waals surface area contributed by atoms with E-state index < -0.39 is 0 Å². The molecular weight excluding hydrogens is 234 g/mol. The monoisotopic (exact) mass is 261 g/mol. The van der Waals surface area contributed by atoms with Gasteiger partial charge in [-0.3, -0.25) is 9.69 Å². The number of unbranched alkanes of at least 4 members (excludes halogenated alkanes) is 2. The van der Waals surface area contributed by atoms with Crippen molar-refractivity contribution in [3.05, 3.63) is 35.4 Å². The third-order valence-corrected chi connectivity index (χ3v) is 3.80. The summed E-state index contributed by atoms with van der Waals surface area (Å²) >= 11 is 0. The zero-order valence-electron chi connectivity index (χ0n) is 12.8. The van der Waals surface area contributed by atoms with Crippen LogP contribution in [0.15, 0.2) is 24.3 Å². The Kier molecular flexibility index (Phi) is 6.79. The minimum absolute atomic E-state index is 0.0377. The number of aryl methyl sites for hydroxylation is 1. The van der Waals surface area contributed by atoms with Gasteiger partial charge >= 0.3 is 0 Å². The highest BCUT2D eigenvalue weighted by atomic mass is 16.1. The maximum atomic E-state index is 12.4. The molecule has 19 heavy (non-hydrogen) atoms. The molecule has 0 radical (unpaired) electrons. The van der Waals surface area contributed by atoms with Gasteiger partial charge in [-0.1, -0.05) is 51.0 Å². The van der Waals surface area contributed by atoms with Crippen LogP contribution in [0.3, 0.4) is 0 Å². The topological polar surface area (TPSA) is 20.3 Å². The van der Waals surface area contributed by atoms with Crippen LogP contribution in [0.4, 0.5) is 0 Å². The first-order valence-electron chi connectivity index (χ1n) is 7.43. The van der Waals surface area contributed by atoms with Crippen LogP contribution >= 0.6 is 0 Å². The van der Waals surface area contributed by atoms with E-state index >= 15 is 0 Å². The van der Waals surface area contributed by atoms with Crippen molar-refractivity contribution < 1.29 is 4.79 Å². The second-order valence-electron chi connectivity index (χ2n) is 5.28. The molecule has 1 rings (SSSR count). The third kappa shape index (κ3) is 4.79. The van der Waals surface area contributed by atoms with Crippen molar-refractivity contribution in [2.45, 2.75) is 52.5 Å². The van der Waals surface area contributed by atoms with Crippen molar-refractivity contribution in [1.29, 1.82) is 0 Å². The Bertz CT molecular complexity index is 383. The van der Waals surface area contributed by atoms with Crippen molar-refractivity contribution in [2.75, 3.05) is 13.6 Å². The maximum absolute atomic E-state index is 12.4. The molecule has 0 bridgehead atoms. The van der Waals surface area contributed by atoms with E-state index in [9.17, 15) is 4.79 Å². The number of carbonyl (C=O) groups is 1. The molecule has 1 unspecified atom stereocenters. The van der Waals surface area contributed by atoms with E-state index in [4.69, 9.17) is 0 Å². The molecule has 1 aromatic rings. The Morgan fingerprint density at radius 1 is 1.16 bits per heavy atom. The predicted octanol–water partition coefficient (Wildman–Crippen LogP) is 3.94. The first kappa shape index (κ1) is 15.9. The summed E-state index contributed by atoms with van der Waals surface area (Å²) in [6.07, 6.45) is 4.63. The molecule has 2 nitrogen and oxygen atoms in total. The van der Waals surface area contributed by atoms with Crippen LogP contribution in [0.5, 0.6) is 0 Å². The smallest absolute Gasteiger partial charge is 0.179 e. The molecule has 0 saturated carbocycles. The van der Waals surface area contributed by atoms with Gasteiger partial charge in [0.15, 0.2) is 5.78 Å². The summed E-state index contributed by atoms with van der Waals surface area (Å²) in [6, 6.07) is 7.98. The highest BCUT2D eigenvalue weighted by Crippen LogP contribution is 2.11. The number of hydrogen-bond acceptors (Lipinski definition) is 2. The molecule has 0 aliphatic carbocycles. The van der Waals surface area contributed by atoms with Crippen LogP contribution in [0, 0.1) is 0 Å². The zero-order chi connectivity index (χ0) is 14.3. The lowest BCUT2D eigenvalue weighted by molar-refractivity contribution is 0.0867. The molecule has 0 aromatic heterocycles. The second kappa shape index (κ2) is 8.11. The molecule has 0 aliphatic rings. The number of carbonyl (C=O) groups excluding carboxylic acids is 1. The highest BCUT2D eigenvalue weighted by Gasteiger charge is 2.18. The highest BCUT2D eigenvalue weighted by molar-refractivity contribution is 5.99. The molecular formula is C17H27NO. The predicted molar refractivity (Wildman–Crippen MR) is 81.8 cm³/mol. The minimum Gasteiger partial charge on any atom is -0.297 e. The van der Waals surface area contributed by atoms with Gasteiger partial charge in [-0.2, -0.15) is 0 Å². The van der Waals surface area contributed by atoms with E-state index in [1.54, 1.807) is 0 Å². The molecule has 2 heteroatoms. The number of likely N-dealkylation sites (N-methyl/N-ethyl adjacent to an activating group) is 1. The van der Waals surface area contributed by atoms with Crippen molar-refractivity contribution >= 4 is 5.78 Å². The van der Waals surface area contributed by atoms with Crippen LogP contribution in [0.25, 0.3) is 0 Å². The lowest BCUT2D eigenvalue weighted by Crippen LogP contribution is -2.36. The van der Waals surface area contributed by atoms with Gasteiger partial charge in [0.2, 0.25) is 0 Å². The Morgan fingerprint density at radius 3 is 2.32 bits per heavy atom. The lowest BCUT2D eigenvalue weighted by Gasteiger charge is -2.23. The minimum atomic E-state index is -0.0377. The van der Waals surface area contributed by atoms with Crippen molar-refractivity contribution in [3.8, 4) is 0 Å². The molecule has 0 spiro atoms. The Labute approximate surface area is 117 Å². The van der Waals surface area contributed by atoms with Crippen LogP contribution in [-0.4, -0.2) is 30.3 Å². The van der Waals surface area contributed by atoms with Gasteiger partial charge in [0, 0.05) is 5.56 Å². The molecule has 0 amide bonds. The van der Waals surface area contributed by atoms with Gasteiger partial charge in [-0.05, 0) is 38.9 Å². The zero-order valence-corrected chi connectivity index (χ0v) is 12.8. The molecule has 0 aliphatic heterocycles. The molecule has 0 heterocycles. The number of hydrogen-bond donors (Lipinski definition) is 0. The molecule has 0 N–H and O–H groups in total. The van der Waals surface area contributed by atoms with Crippen molar-refractivity contribution in [3.63, 3.8) is 0 Å². The second-order valence-corrected chi connectivity index (χ2v) is 5.28. The Morgan fingerprint density at radius 2 is 1.79 bits per heavy atom. The fourth-order valence-corrected chi connectivity index (χ4v) is 2.15. The Balaban J connectivity index is 2.59. The summed E-state index contributed by atoms with van der Waals surface area (Å²) in [7, 11) is 2.04. The van der Waals surface area contributed by atoms with Crippen molar-refractivity contribution in [1.82, 2.24) is 4.90 Å². The van der Waals surface area contributed by atoms with Gasteiger partial charge in [-0.25, -0.2) is 0 Å². The van der Waals surface area contributed by atoms with Crippen molar-refractivity contribution in [2.24, 2.45) is 0 Å². The van der Waals surface area contributed by atoms with Crippen LogP contribution in [0.1, 0.15) is 56.0 Å². The number of nitrogens with zero attached hydrogens (tertiary/aromatic N) is 1. The quantitative estimate of drug-likeness (QED) is 0.522. The summed E-state index contributed by atoms with van der Waals surface area (Å²) in [5.41, 5.74) is 2.10. The molecule has 0 saturated heterocycles. The maximum Gasteiger partial charge on any atom is 0.179 e. The summed E-state index contributed by atoms with van der Waals surface area (Å²) < 4.78 is 0. The number of benzene rings is 1. The Hall–Kier alpha value is -1.15. The van der Waals surface area contributed by atoms with E-state index in [0.717, 1.165) is 18.5 Å². The fourth-order valence-electron chi connectivity index (χ4n) is 2.15. The SMILES string of the molecule is CCCCCN(C)C(C)C(=O)c1ccc(CC)cc1. The van der Waals surface area contributed by atoms with E-state index in [-0.39, 0.29) is 11.8 Å². The van der Waals surface area contributed by atoms with E-state index in [1.165, 1.54) is 24.8 Å². The summed E-state index contributed by atoms with van der Waals surface area (Å²) in [6.45, 7) is 7.32. The van der Waals surface area contributed by atoms with Gasteiger partial charge in [0.25, 0.3) is 0 Å². The molecule has 106 valence electrons. The summed E-state index contributed by atoms with van der Waals surface area (Å²) in [4.78, 5) is 14.5. The number of ketones is 1. The average Bonchev–Trinajstić information content (AvgIpc) is 2.46. The van der Waals surface area contributed by atoms with E-state index in [2.05, 4.69) is 30.9 Å². The number of Topliss-reactive ketones (excluding diaryl/α,β-unsaturated/α-hetero) is 1. The summed E-state index contributed by atoms with van der Waals surface area (Å²) in [5, 5.41) is 0. The standard InChI is InChI=1S/C17H27NO/c1-5-7-8-13-18(4)14(3)17(19)16-11-9-15(6-2)10-12-16/h9-12,14H,5-8,13H2,1-4H3. The van der Waals surface area contributed by atoms with E-state index in [1.807, 2.05) is 26.1 Å². The van der Waals surface area contributed by atoms with Gasteiger partial charge in [-0.15, -0.1) is 0 Å². The van der Waals surface area contributed by atoms with Gasteiger partial charge in [0.05, 0.1) is 6.04 Å². The average molecular weight is 261 g/mol. The first-order chi connectivity index (χ1) is 9.10. The summed E-state index contributed by atoms with van der Waals surface area (Å²) in [5.74, 6) is 0.224. The molecule has 1 atom stereocenters. The normalized spacial score (nSPS) is 12.7. The third-order valence-electron chi connectivity index (χ3n) is 3.80. The van der Waals surface area contributed by atoms with E-state index in [0.29, 0.717) is 0 Å². The first-order valence-corrected chi connectivity index (χ1v) is 7.43. The van der Waals surface area contributed by atoms with Crippen LogP contribution in [-0.2, 0) is 6.42 Å². The largest absolute Gasteiger partial charge is 0.297 e. The van der Waals surface area contributed by atoms with Gasteiger partial charge in [0.1, 0.15) is 0 Å². The molecule has 1 aromatic carbocycles. The molecule has 0 fully saturated rings. The lowest BCUT2D eigenvalue weighted by atomic mass is 10.0. The van der Waals surface area contributed by atoms with Crippen LogP contribution in [0.2, 0.25) is 0 Å². The fraction of sp³-hybridized carbons (Fsp3) is 0.588. The van der Waals surface area contributed by atoms with Gasteiger partial charge < -0.3 is 0 Å².